The Balaban J connectivity index is 1.20. The molecule has 5 heterocycles. The van der Waals surface area contributed by atoms with Gasteiger partial charge in [0.05, 0.1) is 19.8 Å². The van der Waals surface area contributed by atoms with E-state index in [0.717, 1.165) is 24.8 Å². The van der Waals surface area contributed by atoms with Gasteiger partial charge in [0.15, 0.2) is 18.2 Å². The summed E-state index contributed by atoms with van der Waals surface area (Å²) in [6, 6.07) is 7.58. The fraction of sp³-hybridized carbons (Fsp3) is 0.743. The van der Waals surface area contributed by atoms with Crippen LogP contribution in [-0.2, 0) is 49.7 Å². The van der Waals surface area contributed by atoms with E-state index in [1.165, 1.54) is 12.0 Å². The first-order valence-electron chi connectivity index (χ1n) is 17.1. The van der Waals surface area contributed by atoms with E-state index in [9.17, 15) is 14.4 Å². The van der Waals surface area contributed by atoms with Crippen LogP contribution in [0.5, 0.6) is 0 Å². The monoisotopic (exact) mass is 658 g/mol. The van der Waals surface area contributed by atoms with Crippen molar-refractivity contribution >= 4 is 18.0 Å². The van der Waals surface area contributed by atoms with E-state index in [2.05, 4.69) is 19.2 Å². The molecule has 260 valence electrons. The molecule has 0 unspecified atom stereocenters. The summed E-state index contributed by atoms with van der Waals surface area (Å²) in [7, 11) is 1.29. The lowest BCUT2D eigenvalue weighted by molar-refractivity contribution is -0.578. The number of benzene rings is 1. The Bertz CT molecular complexity index is 1300. The van der Waals surface area contributed by atoms with Crippen LogP contribution in [0.2, 0.25) is 0 Å². The molecular weight excluding hydrogens is 608 g/mol. The third-order valence-electron chi connectivity index (χ3n) is 10.9. The number of nitrogens with one attached hydrogen (secondary N) is 1. The molecule has 1 aromatic rings. The molecule has 12 nitrogen and oxygen atoms in total. The van der Waals surface area contributed by atoms with Crippen molar-refractivity contribution in [1.82, 2.24) is 10.2 Å². The molecule has 5 saturated heterocycles. The number of methoxy groups -OCH3 is 1. The molecule has 1 aliphatic carbocycles. The minimum absolute atomic E-state index is 0.0557. The molecule has 5 aliphatic heterocycles. The van der Waals surface area contributed by atoms with Gasteiger partial charge in [-0.15, -0.1) is 0 Å². The summed E-state index contributed by atoms with van der Waals surface area (Å²) < 4.78 is 30.4. The molecule has 47 heavy (non-hydrogen) atoms. The summed E-state index contributed by atoms with van der Waals surface area (Å²) in [6.07, 6.45) is 1.70. The smallest absolute Gasteiger partial charge is 0.410 e. The Morgan fingerprint density at radius 1 is 1.06 bits per heavy atom. The molecule has 1 saturated carbocycles. The number of carbonyl (C=O) groups excluding carboxylic acids is 3. The zero-order chi connectivity index (χ0) is 33.5. The van der Waals surface area contributed by atoms with Gasteiger partial charge in [-0.3, -0.25) is 9.69 Å². The molecule has 2 amide bonds. The number of likely N-dealkylation sites (tertiary alicyclic amines) is 1. The van der Waals surface area contributed by atoms with Crippen molar-refractivity contribution in [3.8, 4) is 0 Å². The fourth-order valence-corrected chi connectivity index (χ4v) is 8.46. The minimum Gasteiger partial charge on any atom is -0.467 e. The van der Waals surface area contributed by atoms with Gasteiger partial charge in [-0.2, -0.15) is 0 Å². The van der Waals surface area contributed by atoms with Gasteiger partial charge in [0.1, 0.15) is 18.7 Å². The van der Waals surface area contributed by atoms with Crippen LogP contribution in [-0.4, -0.2) is 78.7 Å². The quantitative estimate of drug-likeness (QED) is 0.295. The first kappa shape index (κ1) is 34.1. The Morgan fingerprint density at radius 2 is 1.83 bits per heavy atom. The molecule has 6 fully saturated rings. The summed E-state index contributed by atoms with van der Waals surface area (Å²) >= 11 is 0. The van der Waals surface area contributed by atoms with Crippen LogP contribution >= 0.6 is 0 Å². The van der Waals surface area contributed by atoms with Crippen LogP contribution < -0.4 is 5.32 Å². The highest BCUT2D eigenvalue weighted by atomic mass is 17.3. The first-order chi connectivity index (χ1) is 22.4. The average Bonchev–Trinajstić information content (AvgIpc) is 3.34. The molecule has 12 heteroatoms. The second-order valence-electron chi connectivity index (χ2n) is 14.7. The maximum absolute atomic E-state index is 13.8. The Morgan fingerprint density at radius 3 is 2.55 bits per heavy atom. The van der Waals surface area contributed by atoms with E-state index in [1.54, 1.807) is 0 Å². The van der Waals surface area contributed by atoms with Crippen LogP contribution in [0.4, 0.5) is 4.79 Å². The number of ether oxygens (including phenoxy) is 5. The van der Waals surface area contributed by atoms with Gasteiger partial charge in [-0.25, -0.2) is 19.4 Å². The lowest BCUT2D eigenvalue weighted by Crippen LogP contribution is -2.70. The molecule has 2 bridgehead atoms. The topological polar surface area (TPSA) is 131 Å². The fourth-order valence-electron chi connectivity index (χ4n) is 8.46. The van der Waals surface area contributed by atoms with Crippen molar-refractivity contribution in [2.45, 2.75) is 122 Å². The van der Waals surface area contributed by atoms with E-state index in [0.29, 0.717) is 18.8 Å². The van der Waals surface area contributed by atoms with Gasteiger partial charge in [0, 0.05) is 24.7 Å². The van der Waals surface area contributed by atoms with Crippen LogP contribution in [0.25, 0.3) is 0 Å². The largest absolute Gasteiger partial charge is 0.467 e. The van der Waals surface area contributed by atoms with Gasteiger partial charge in [-0.1, -0.05) is 58.0 Å². The zero-order valence-electron chi connectivity index (χ0n) is 28.3. The third kappa shape index (κ3) is 6.64. The van der Waals surface area contributed by atoms with Gasteiger partial charge in [0.25, 0.3) is 0 Å². The van der Waals surface area contributed by atoms with Crippen LogP contribution in [0, 0.1) is 29.6 Å². The number of hydrogen-bond donors (Lipinski definition) is 1. The number of esters is 1. The normalized spacial score (nSPS) is 38.3. The molecule has 1 aromatic carbocycles. The van der Waals surface area contributed by atoms with Crippen molar-refractivity contribution in [3.05, 3.63) is 35.9 Å². The third-order valence-corrected chi connectivity index (χ3v) is 10.9. The summed E-state index contributed by atoms with van der Waals surface area (Å²) in [4.78, 5) is 53.4. The number of nitrogens with zero attached hydrogens (tertiary/aromatic N) is 1. The van der Waals surface area contributed by atoms with E-state index in [1.807, 2.05) is 51.1 Å². The lowest BCUT2D eigenvalue weighted by Gasteiger charge is -2.60. The van der Waals surface area contributed by atoms with E-state index < -0.39 is 60.1 Å². The highest BCUT2D eigenvalue weighted by Gasteiger charge is 2.69. The van der Waals surface area contributed by atoms with Crippen LogP contribution in [0.3, 0.4) is 0 Å². The molecular formula is C35H50N2O10. The number of amides is 2. The predicted octanol–water partition coefficient (Wildman–Crippen LogP) is 4.69. The number of hydrogen-bond acceptors (Lipinski definition) is 10. The van der Waals surface area contributed by atoms with Crippen LogP contribution in [0.15, 0.2) is 30.3 Å². The lowest BCUT2D eigenvalue weighted by atomic mass is 9.58. The molecule has 0 aromatic heterocycles. The maximum Gasteiger partial charge on any atom is 0.410 e. The van der Waals surface area contributed by atoms with Crippen molar-refractivity contribution in [2.75, 3.05) is 13.7 Å². The van der Waals surface area contributed by atoms with E-state index in [4.69, 9.17) is 33.5 Å². The molecule has 6 aliphatic rings. The molecule has 0 radical (unpaired) electrons. The van der Waals surface area contributed by atoms with E-state index in [-0.39, 0.29) is 43.2 Å². The van der Waals surface area contributed by atoms with Crippen molar-refractivity contribution in [2.24, 2.45) is 29.6 Å². The summed E-state index contributed by atoms with van der Waals surface area (Å²) in [6.45, 7) is 10.3. The summed E-state index contributed by atoms with van der Waals surface area (Å²) in [5, 5.41) is 2.83. The number of rotatable bonds is 9. The highest BCUT2D eigenvalue weighted by Crippen LogP contribution is 2.60. The van der Waals surface area contributed by atoms with E-state index >= 15 is 0 Å². The second kappa shape index (κ2) is 13.6. The summed E-state index contributed by atoms with van der Waals surface area (Å²) in [5.74, 6) is -1.13. The first-order valence-corrected chi connectivity index (χ1v) is 17.1. The molecule has 1 N–H and O–H groups in total. The Labute approximate surface area is 277 Å². The van der Waals surface area contributed by atoms with Gasteiger partial charge >= 0.3 is 12.1 Å². The SMILES string of the molecule is COC(=O)[C@H](CC(C)C)NC(=O)[C@@H]1C[C@@H](O[C@H]2O[C@@H]3O[C@@]4(C)CC[C@H]5[C@H](C)CC[C@@H]([C@H]2C)[C@@]35OO4)CN1C(=O)OCc1ccccc1. The standard InChI is InChI=1S/C35H50N2O10/c1-20(2)16-27(30(39)41-6)36-29(38)28-17-24(18-37(28)33(40)42-19-23-10-8-7-9-11-23)43-31-22(4)26-13-12-21(3)25-14-15-34(5)45-32(44-31)35(25,26)47-46-34/h7-11,20-22,24-28,31-32H,12-19H2,1-6H3,(H,36,38)/t21-,22-,24-,25+,26+,27+,28+,31+,32-,34-,35-/m1/s1. The van der Waals surface area contributed by atoms with Crippen molar-refractivity contribution in [1.29, 1.82) is 0 Å². The Hall–Kier alpha value is -2.77. The van der Waals surface area contributed by atoms with Gasteiger partial charge in [-0.05, 0) is 55.9 Å². The zero-order valence-corrected chi connectivity index (χ0v) is 28.3. The number of fused-ring (bicyclic) bond motifs is 2. The highest BCUT2D eigenvalue weighted by molar-refractivity contribution is 5.90. The number of carbonyl (C=O) groups is 3. The van der Waals surface area contributed by atoms with Gasteiger partial charge < -0.3 is 29.0 Å². The summed E-state index contributed by atoms with van der Waals surface area (Å²) in [5.41, 5.74) is 0.102. The average molecular weight is 659 g/mol. The molecule has 11 atom stereocenters. The van der Waals surface area contributed by atoms with Crippen LogP contribution in [0.1, 0.15) is 78.7 Å². The van der Waals surface area contributed by atoms with Crippen molar-refractivity contribution < 1.29 is 47.8 Å². The molecule has 1 spiro atoms. The Kier molecular flexibility index (Phi) is 9.88. The molecule has 7 rings (SSSR count). The second-order valence-corrected chi connectivity index (χ2v) is 14.7. The van der Waals surface area contributed by atoms with Crippen molar-refractivity contribution in [3.63, 3.8) is 0 Å². The predicted molar refractivity (Wildman–Crippen MR) is 167 cm³/mol. The maximum atomic E-state index is 13.8. The van der Waals surface area contributed by atoms with Gasteiger partial charge in [0.2, 0.25) is 11.7 Å². The minimum atomic E-state index is -0.923.